The van der Waals surface area contributed by atoms with Gasteiger partial charge in [-0.3, -0.25) is 9.69 Å². The summed E-state index contributed by atoms with van der Waals surface area (Å²) in [6.07, 6.45) is 5.54. The topological polar surface area (TPSA) is 83.0 Å². The van der Waals surface area contributed by atoms with Gasteiger partial charge in [-0.25, -0.2) is 19.3 Å². The molecule has 0 radical (unpaired) electrons. The molecule has 1 atom stereocenters. The Kier molecular flexibility index (Phi) is 6.47. The normalized spacial score (nSPS) is 16.6. The van der Waals surface area contributed by atoms with Gasteiger partial charge in [0.1, 0.15) is 11.6 Å². The molecule has 1 fully saturated rings. The average Bonchev–Trinajstić information content (AvgIpc) is 2.77. The van der Waals surface area contributed by atoms with Crippen molar-refractivity contribution < 1.29 is 9.18 Å². The molecule has 0 saturated carbocycles. The van der Waals surface area contributed by atoms with Gasteiger partial charge >= 0.3 is 0 Å². The van der Waals surface area contributed by atoms with E-state index in [9.17, 15) is 9.18 Å². The van der Waals surface area contributed by atoms with E-state index in [1.54, 1.807) is 24.5 Å². The van der Waals surface area contributed by atoms with Gasteiger partial charge in [-0.15, -0.1) is 0 Å². The molecule has 7 nitrogen and oxygen atoms in total. The van der Waals surface area contributed by atoms with Crippen molar-refractivity contribution in [2.45, 2.75) is 25.7 Å². The Morgan fingerprint density at radius 3 is 2.77 bits per heavy atom. The highest BCUT2D eigenvalue weighted by Crippen LogP contribution is 2.26. The molecule has 1 aliphatic rings. The lowest BCUT2D eigenvalue weighted by molar-refractivity contribution is -0.117. The van der Waals surface area contributed by atoms with E-state index < -0.39 is 0 Å². The van der Waals surface area contributed by atoms with Crippen molar-refractivity contribution >= 4 is 23.4 Å². The second kappa shape index (κ2) is 9.61. The third-order valence-corrected chi connectivity index (χ3v) is 5.25. The summed E-state index contributed by atoms with van der Waals surface area (Å²) in [5, 5.41) is 5.97. The Morgan fingerprint density at radius 2 is 2.00 bits per heavy atom. The SMILES string of the molecule is Cc1ccc(Nc2nccc(C3CCCN(CC(=O)Nc4ccc(F)cc4)C3)n2)nc1. The van der Waals surface area contributed by atoms with E-state index in [0.29, 0.717) is 17.5 Å². The fourth-order valence-electron chi connectivity index (χ4n) is 3.69. The molecule has 3 heterocycles. The largest absolute Gasteiger partial charge is 0.325 e. The van der Waals surface area contributed by atoms with E-state index in [2.05, 4.69) is 30.5 Å². The lowest BCUT2D eigenvalue weighted by Gasteiger charge is -2.32. The van der Waals surface area contributed by atoms with Crippen molar-refractivity contribution in [2.24, 2.45) is 0 Å². The van der Waals surface area contributed by atoms with E-state index in [0.717, 1.165) is 37.2 Å². The van der Waals surface area contributed by atoms with Gasteiger partial charge in [0, 0.05) is 30.5 Å². The van der Waals surface area contributed by atoms with E-state index in [-0.39, 0.29) is 24.2 Å². The van der Waals surface area contributed by atoms with Crippen LogP contribution in [0, 0.1) is 12.7 Å². The van der Waals surface area contributed by atoms with Crippen LogP contribution in [-0.4, -0.2) is 45.4 Å². The Balaban J connectivity index is 1.36. The number of carbonyl (C=O) groups is 1. The van der Waals surface area contributed by atoms with Gasteiger partial charge < -0.3 is 10.6 Å². The number of rotatable bonds is 6. The number of nitrogens with zero attached hydrogens (tertiary/aromatic N) is 4. The summed E-state index contributed by atoms with van der Waals surface area (Å²) in [7, 11) is 0. The molecule has 8 heteroatoms. The van der Waals surface area contributed by atoms with Gasteiger partial charge in [0.2, 0.25) is 11.9 Å². The predicted molar refractivity (Wildman–Crippen MR) is 118 cm³/mol. The minimum atomic E-state index is -0.325. The average molecular weight is 420 g/mol. The lowest BCUT2D eigenvalue weighted by atomic mass is 9.94. The molecule has 4 rings (SSSR count). The van der Waals surface area contributed by atoms with E-state index >= 15 is 0 Å². The maximum Gasteiger partial charge on any atom is 0.238 e. The highest BCUT2D eigenvalue weighted by molar-refractivity contribution is 5.92. The number of likely N-dealkylation sites (tertiary alicyclic amines) is 1. The summed E-state index contributed by atoms with van der Waals surface area (Å²) in [5.41, 5.74) is 2.63. The number of piperidine rings is 1. The first-order valence-corrected chi connectivity index (χ1v) is 10.4. The number of aromatic nitrogens is 3. The van der Waals surface area contributed by atoms with Crippen LogP contribution in [0.2, 0.25) is 0 Å². The van der Waals surface area contributed by atoms with Gasteiger partial charge in [-0.2, -0.15) is 0 Å². The predicted octanol–water partition coefficient (Wildman–Crippen LogP) is 3.88. The van der Waals surface area contributed by atoms with Gasteiger partial charge in [-0.1, -0.05) is 6.07 Å². The number of pyridine rings is 1. The Bertz CT molecular complexity index is 1020. The van der Waals surface area contributed by atoms with Crippen molar-refractivity contribution in [3.63, 3.8) is 0 Å². The molecular formula is C23H25FN6O. The highest BCUT2D eigenvalue weighted by atomic mass is 19.1. The third-order valence-electron chi connectivity index (χ3n) is 5.25. The molecule has 1 aromatic carbocycles. The number of hydrogen-bond donors (Lipinski definition) is 2. The number of halogens is 1. The van der Waals surface area contributed by atoms with Gasteiger partial charge in [0.25, 0.3) is 0 Å². The molecule has 0 bridgehead atoms. The highest BCUT2D eigenvalue weighted by Gasteiger charge is 2.24. The number of anilines is 3. The maximum atomic E-state index is 13.0. The quantitative estimate of drug-likeness (QED) is 0.630. The number of amides is 1. The summed E-state index contributed by atoms with van der Waals surface area (Å²) < 4.78 is 13.0. The Hall–Kier alpha value is -3.39. The number of hydrogen-bond acceptors (Lipinski definition) is 6. The monoisotopic (exact) mass is 420 g/mol. The summed E-state index contributed by atoms with van der Waals surface area (Å²) in [5.74, 6) is 1.00. The van der Waals surface area contributed by atoms with E-state index in [4.69, 9.17) is 0 Å². The van der Waals surface area contributed by atoms with Crippen molar-refractivity contribution in [1.82, 2.24) is 19.9 Å². The van der Waals surface area contributed by atoms with Gasteiger partial charge in [-0.05, 0) is 68.3 Å². The molecule has 160 valence electrons. The van der Waals surface area contributed by atoms with Crippen molar-refractivity contribution in [1.29, 1.82) is 0 Å². The number of benzene rings is 1. The van der Waals surface area contributed by atoms with E-state index in [1.807, 2.05) is 25.1 Å². The van der Waals surface area contributed by atoms with Crippen LogP contribution in [0.3, 0.4) is 0 Å². The molecular weight excluding hydrogens is 395 g/mol. The molecule has 0 aliphatic carbocycles. The minimum Gasteiger partial charge on any atom is -0.325 e. The second-order valence-electron chi connectivity index (χ2n) is 7.78. The zero-order chi connectivity index (χ0) is 21.6. The molecule has 1 amide bonds. The second-order valence-corrected chi connectivity index (χ2v) is 7.78. The van der Waals surface area contributed by atoms with E-state index in [1.165, 1.54) is 12.1 Å². The minimum absolute atomic E-state index is 0.109. The fourth-order valence-corrected chi connectivity index (χ4v) is 3.69. The maximum absolute atomic E-state index is 13.0. The Labute approximate surface area is 180 Å². The van der Waals surface area contributed by atoms with Crippen LogP contribution in [0.4, 0.5) is 21.8 Å². The van der Waals surface area contributed by atoms with Crippen LogP contribution >= 0.6 is 0 Å². The molecule has 1 unspecified atom stereocenters. The molecule has 1 saturated heterocycles. The molecule has 3 aromatic rings. The summed E-state index contributed by atoms with van der Waals surface area (Å²) in [4.78, 5) is 27.8. The van der Waals surface area contributed by atoms with Crippen LogP contribution < -0.4 is 10.6 Å². The number of nitrogens with one attached hydrogen (secondary N) is 2. The molecule has 1 aliphatic heterocycles. The third kappa shape index (κ3) is 5.82. The smallest absolute Gasteiger partial charge is 0.238 e. The van der Waals surface area contributed by atoms with Crippen LogP contribution in [0.15, 0.2) is 54.9 Å². The van der Waals surface area contributed by atoms with Gasteiger partial charge in [0.15, 0.2) is 0 Å². The van der Waals surface area contributed by atoms with Crippen LogP contribution in [0.25, 0.3) is 0 Å². The van der Waals surface area contributed by atoms with Crippen molar-refractivity contribution in [3.05, 3.63) is 71.9 Å². The van der Waals surface area contributed by atoms with Gasteiger partial charge in [0.05, 0.1) is 12.2 Å². The zero-order valence-corrected chi connectivity index (χ0v) is 17.4. The van der Waals surface area contributed by atoms with Crippen molar-refractivity contribution in [2.75, 3.05) is 30.3 Å². The first-order valence-electron chi connectivity index (χ1n) is 10.4. The first-order chi connectivity index (χ1) is 15.0. The van der Waals surface area contributed by atoms with Crippen LogP contribution in [0.1, 0.15) is 30.0 Å². The zero-order valence-electron chi connectivity index (χ0n) is 17.4. The number of carbonyl (C=O) groups excluding carboxylic acids is 1. The van der Waals surface area contributed by atoms with Crippen LogP contribution in [-0.2, 0) is 4.79 Å². The first kappa shape index (κ1) is 20.9. The molecule has 0 spiro atoms. The molecule has 2 N–H and O–H groups in total. The number of aryl methyl sites for hydroxylation is 1. The Morgan fingerprint density at radius 1 is 1.16 bits per heavy atom. The summed E-state index contributed by atoms with van der Waals surface area (Å²) >= 11 is 0. The lowest BCUT2D eigenvalue weighted by Crippen LogP contribution is -2.40. The summed E-state index contributed by atoms with van der Waals surface area (Å²) in [6.45, 7) is 3.88. The fraction of sp³-hybridized carbons (Fsp3) is 0.304. The summed E-state index contributed by atoms with van der Waals surface area (Å²) in [6, 6.07) is 11.6. The standard InChI is InChI=1S/C23H25FN6O/c1-16-4-9-21(26-13-16)29-23-25-11-10-20(28-23)17-3-2-12-30(14-17)15-22(31)27-19-7-5-18(24)6-8-19/h4-11,13,17H,2-3,12,14-15H2,1H3,(H,27,31)(H,25,26,28,29). The van der Waals surface area contributed by atoms with Crippen LogP contribution in [0.5, 0.6) is 0 Å². The molecule has 2 aromatic heterocycles. The molecule has 31 heavy (non-hydrogen) atoms. The van der Waals surface area contributed by atoms with Crippen molar-refractivity contribution in [3.8, 4) is 0 Å².